The van der Waals surface area contributed by atoms with Crippen LogP contribution in [-0.2, 0) is 9.53 Å². The summed E-state index contributed by atoms with van der Waals surface area (Å²) in [5.74, 6) is 2.69. The number of ketones is 1. The molecule has 0 saturated carbocycles. The maximum atomic E-state index is 11.9. The van der Waals surface area contributed by atoms with Gasteiger partial charge in [-0.1, -0.05) is 0 Å². The highest BCUT2D eigenvalue weighted by Crippen LogP contribution is 2.21. The molecule has 1 saturated heterocycles. The van der Waals surface area contributed by atoms with Gasteiger partial charge >= 0.3 is 6.09 Å². The second-order valence-corrected chi connectivity index (χ2v) is 5.94. The van der Waals surface area contributed by atoms with Crippen molar-refractivity contribution in [2.24, 2.45) is 5.92 Å². The van der Waals surface area contributed by atoms with E-state index >= 15 is 0 Å². The molecule has 0 aromatic carbocycles. The average molecular weight is 265 g/mol. The molecular formula is C15H23NO3. The van der Waals surface area contributed by atoms with E-state index in [0.29, 0.717) is 25.9 Å². The van der Waals surface area contributed by atoms with Crippen LogP contribution in [0.4, 0.5) is 4.79 Å². The van der Waals surface area contributed by atoms with Gasteiger partial charge in [0.15, 0.2) is 0 Å². The SMILES string of the molecule is C#CCCCC(=O)C1CCN(C(=O)OC(C)(C)C)C1. The van der Waals surface area contributed by atoms with Crippen LogP contribution in [0.15, 0.2) is 0 Å². The Hall–Kier alpha value is -1.50. The molecule has 0 spiro atoms. The lowest BCUT2D eigenvalue weighted by Gasteiger charge is -2.24. The van der Waals surface area contributed by atoms with Gasteiger partial charge in [-0.25, -0.2) is 4.79 Å². The maximum absolute atomic E-state index is 11.9. The number of rotatable bonds is 4. The number of nitrogens with zero attached hydrogens (tertiary/aromatic N) is 1. The smallest absolute Gasteiger partial charge is 0.410 e. The van der Waals surface area contributed by atoms with E-state index in [1.165, 1.54) is 0 Å². The molecule has 0 aliphatic carbocycles. The summed E-state index contributed by atoms with van der Waals surface area (Å²) in [7, 11) is 0. The van der Waals surface area contributed by atoms with Gasteiger partial charge in [-0.2, -0.15) is 0 Å². The largest absolute Gasteiger partial charge is 0.444 e. The van der Waals surface area contributed by atoms with Gasteiger partial charge < -0.3 is 9.64 Å². The van der Waals surface area contributed by atoms with Crippen LogP contribution < -0.4 is 0 Å². The van der Waals surface area contributed by atoms with Crippen molar-refractivity contribution in [1.29, 1.82) is 0 Å². The number of ether oxygens (including phenoxy) is 1. The van der Waals surface area contributed by atoms with Gasteiger partial charge in [-0.15, -0.1) is 12.3 Å². The summed E-state index contributed by atoms with van der Waals surface area (Å²) in [5, 5.41) is 0. The first-order valence-electron chi connectivity index (χ1n) is 6.77. The zero-order valence-electron chi connectivity index (χ0n) is 12.1. The number of carbonyl (C=O) groups excluding carboxylic acids is 2. The van der Waals surface area contributed by atoms with E-state index < -0.39 is 5.60 Å². The minimum Gasteiger partial charge on any atom is -0.444 e. The molecule has 0 radical (unpaired) electrons. The summed E-state index contributed by atoms with van der Waals surface area (Å²) >= 11 is 0. The van der Waals surface area contributed by atoms with Crippen LogP contribution in [0.25, 0.3) is 0 Å². The van der Waals surface area contributed by atoms with E-state index in [1.54, 1.807) is 4.90 Å². The van der Waals surface area contributed by atoms with Crippen molar-refractivity contribution in [1.82, 2.24) is 4.90 Å². The lowest BCUT2D eigenvalue weighted by atomic mass is 9.99. The van der Waals surface area contributed by atoms with Gasteiger partial charge in [-0.3, -0.25) is 4.79 Å². The third-order valence-electron chi connectivity index (χ3n) is 3.04. The Balaban J connectivity index is 2.39. The van der Waals surface area contributed by atoms with E-state index in [2.05, 4.69) is 5.92 Å². The molecule has 1 unspecified atom stereocenters. The van der Waals surface area contributed by atoms with Crippen molar-refractivity contribution in [3.63, 3.8) is 0 Å². The summed E-state index contributed by atoms with van der Waals surface area (Å²) in [6, 6.07) is 0. The number of hydrogen-bond acceptors (Lipinski definition) is 3. The minimum atomic E-state index is -0.494. The molecule has 1 fully saturated rings. The molecule has 1 heterocycles. The number of Topliss-reactive ketones (excluding diaryl/α,β-unsaturated/α-hetero) is 1. The van der Waals surface area contributed by atoms with Crippen LogP contribution in [0.1, 0.15) is 46.5 Å². The Morgan fingerprint density at radius 2 is 2.11 bits per heavy atom. The fourth-order valence-corrected chi connectivity index (χ4v) is 2.08. The molecule has 0 N–H and O–H groups in total. The first kappa shape index (κ1) is 15.6. The summed E-state index contributed by atoms with van der Waals surface area (Å²) in [5.41, 5.74) is -0.494. The quantitative estimate of drug-likeness (QED) is 0.580. The monoisotopic (exact) mass is 265 g/mol. The number of hydrogen-bond donors (Lipinski definition) is 0. The standard InChI is InChI=1S/C15H23NO3/c1-5-6-7-8-13(17)12-9-10-16(11-12)14(18)19-15(2,3)4/h1,12H,6-11H2,2-4H3. The van der Waals surface area contributed by atoms with E-state index in [0.717, 1.165) is 12.8 Å². The Morgan fingerprint density at radius 3 is 2.68 bits per heavy atom. The molecule has 0 bridgehead atoms. The van der Waals surface area contributed by atoms with Crippen molar-refractivity contribution < 1.29 is 14.3 Å². The first-order valence-corrected chi connectivity index (χ1v) is 6.77. The first-order chi connectivity index (χ1) is 8.83. The predicted molar refractivity (Wildman–Crippen MR) is 73.6 cm³/mol. The van der Waals surface area contributed by atoms with Crippen molar-refractivity contribution in [3.05, 3.63) is 0 Å². The van der Waals surface area contributed by atoms with Crippen molar-refractivity contribution in [2.45, 2.75) is 52.1 Å². The van der Waals surface area contributed by atoms with Crippen LogP contribution in [0, 0.1) is 18.3 Å². The summed E-state index contributed by atoms with van der Waals surface area (Å²) < 4.78 is 5.30. The summed E-state index contributed by atoms with van der Waals surface area (Å²) in [4.78, 5) is 25.4. The number of likely N-dealkylation sites (tertiary alicyclic amines) is 1. The molecule has 4 heteroatoms. The molecule has 1 aliphatic heterocycles. The van der Waals surface area contributed by atoms with Crippen LogP contribution >= 0.6 is 0 Å². The lowest BCUT2D eigenvalue weighted by molar-refractivity contribution is -0.122. The zero-order valence-corrected chi connectivity index (χ0v) is 12.1. The third-order valence-corrected chi connectivity index (χ3v) is 3.04. The highest BCUT2D eigenvalue weighted by Gasteiger charge is 2.32. The van der Waals surface area contributed by atoms with E-state index in [9.17, 15) is 9.59 Å². The fraction of sp³-hybridized carbons (Fsp3) is 0.733. The minimum absolute atomic E-state index is 0.0507. The molecule has 1 atom stereocenters. The fourth-order valence-electron chi connectivity index (χ4n) is 2.08. The van der Waals surface area contributed by atoms with E-state index in [4.69, 9.17) is 11.2 Å². The van der Waals surface area contributed by atoms with E-state index in [1.807, 2.05) is 20.8 Å². The molecular weight excluding hydrogens is 242 g/mol. The van der Waals surface area contributed by atoms with Crippen LogP contribution in [-0.4, -0.2) is 35.5 Å². The Kier molecular flexibility index (Phi) is 5.41. The van der Waals surface area contributed by atoms with Crippen LogP contribution in [0.2, 0.25) is 0 Å². The second-order valence-electron chi connectivity index (χ2n) is 5.94. The lowest BCUT2D eigenvalue weighted by Crippen LogP contribution is -2.35. The highest BCUT2D eigenvalue weighted by molar-refractivity contribution is 5.82. The molecule has 0 aromatic rings. The summed E-state index contributed by atoms with van der Waals surface area (Å²) in [6.45, 7) is 6.58. The molecule has 1 aliphatic rings. The maximum Gasteiger partial charge on any atom is 0.410 e. The van der Waals surface area contributed by atoms with E-state index in [-0.39, 0.29) is 17.8 Å². The molecule has 0 aromatic heterocycles. The van der Waals surface area contributed by atoms with Crippen LogP contribution in [0.5, 0.6) is 0 Å². The van der Waals surface area contributed by atoms with Crippen molar-refractivity contribution in [2.75, 3.05) is 13.1 Å². The molecule has 106 valence electrons. The summed E-state index contributed by atoms with van der Waals surface area (Å²) in [6.07, 6.45) is 7.44. The molecule has 1 rings (SSSR count). The Bertz CT molecular complexity index is 376. The highest BCUT2D eigenvalue weighted by atomic mass is 16.6. The zero-order chi connectivity index (χ0) is 14.5. The number of terminal acetylenes is 1. The van der Waals surface area contributed by atoms with Gasteiger partial charge in [0.2, 0.25) is 0 Å². The van der Waals surface area contributed by atoms with Gasteiger partial charge in [0, 0.05) is 31.8 Å². The second kappa shape index (κ2) is 6.60. The predicted octanol–water partition coefficient (Wildman–Crippen LogP) is 2.62. The Morgan fingerprint density at radius 1 is 1.42 bits per heavy atom. The van der Waals surface area contributed by atoms with Gasteiger partial charge in [0.25, 0.3) is 0 Å². The normalized spacial score (nSPS) is 19.1. The number of carbonyl (C=O) groups is 2. The molecule has 1 amide bonds. The van der Waals surface area contributed by atoms with Gasteiger partial charge in [-0.05, 0) is 33.6 Å². The Labute approximate surface area is 115 Å². The van der Waals surface area contributed by atoms with Crippen molar-refractivity contribution in [3.8, 4) is 12.3 Å². The number of amides is 1. The molecule has 4 nitrogen and oxygen atoms in total. The number of unbranched alkanes of at least 4 members (excludes halogenated alkanes) is 1. The third kappa shape index (κ3) is 5.34. The average Bonchev–Trinajstić information content (AvgIpc) is 2.76. The van der Waals surface area contributed by atoms with Gasteiger partial charge in [0.05, 0.1) is 0 Å². The van der Waals surface area contributed by atoms with Gasteiger partial charge in [0.1, 0.15) is 11.4 Å². The van der Waals surface area contributed by atoms with Crippen molar-refractivity contribution >= 4 is 11.9 Å². The topological polar surface area (TPSA) is 46.6 Å². The molecule has 19 heavy (non-hydrogen) atoms. The van der Waals surface area contributed by atoms with Crippen LogP contribution in [0.3, 0.4) is 0 Å².